The third kappa shape index (κ3) is 3.74. The van der Waals surface area contributed by atoms with Gasteiger partial charge in [-0.25, -0.2) is 14.1 Å². The summed E-state index contributed by atoms with van der Waals surface area (Å²) in [5, 5.41) is 11.7. The predicted molar refractivity (Wildman–Crippen MR) is 119 cm³/mol. The first kappa shape index (κ1) is 19.9. The Labute approximate surface area is 192 Å². The number of rotatable bonds is 6. The summed E-state index contributed by atoms with van der Waals surface area (Å²) in [6.07, 6.45) is 7.11. The number of hydrogen-bond donors (Lipinski definition) is 1. The number of nitrogens with one attached hydrogen (secondary N) is 1. The van der Waals surface area contributed by atoms with Crippen molar-refractivity contribution < 1.29 is 13.6 Å². The van der Waals surface area contributed by atoms with Crippen molar-refractivity contribution in [2.24, 2.45) is 0 Å². The SMILES string of the molecule is O=C(NCc1ncn2ccc(Cl)c(F)c12)c1cn(Cc2cc3cc(C4CC4)ccc3o2)nn1. The highest BCUT2D eigenvalue weighted by Crippen LogP contribution is 2.41. The Hall–Kier alpha value is -3.72. The van der Waals surface area contributed by atoms with Gasteiger partial charge < -0.3 is 14.1 Å². The molecule has 0 unspecified atom stereocenters. The number of halogens is 2. The topological polar surface area (TPSA) is 90.2 Å². The highest BCUT2D eigenvalue weighted by molar-refractivity contribution is 6.31. The molecule has 1 aliphatic rings. The normalized spacial score (nSPS) is 13.8. The number of fused-ring (bicyclic) bond motifs is 2. The Balaban J connectivity index is 1.14. The van der Waals surface area contributed by atoms with Gasteiger partial charge in [0.2, 0.25) is 0 Å². The number of aromatic nitrogens is 5. The van der Waals surface area contributed by atoms with E-state index in [1.807, 2.05) is 12.1 Å². The maximum atomic E-state index is 14.4. The van der Waals surface area contributed by atoms with Crippen LogP contribution in [0.15, 0.2) is 53.5 Å². The molecule has 0 bridgehead atoms. The molecule has 1 N–H and O–H groups in total. The summed E-state index contributed by atoms with van der Waals surface area (Å²) in [6.45, 7) is 0.371. The van der Waals surface area contributed by atoms with Gasteiger partial charge in [-0.3, -0.25) is 4.79 Å². The molecule has 4 heterocycles. The molecule has 1 aromatic carbocycles. The van der Waals surface area contributed by atoms with Gasteiger partial charge in [0.25, 0.3) is 5.91 Å². The van der Waals surface area contributed by atoms with Crippen molar-refractivity contribution >= 4 is 34.0 Å². The minimum absolute atomic E-state index is 0.00660. The zero-order valence-electron chi connectivity index (χ0n) is 17.3. The number of carbonyl (C=O) groups excluding carboxylic acids is 1. The van der Waals surface area contributed by atoms with Crippen LogP contribution < -0.4 is 5.32 Å². The standard InChI is InChI=1S/C23H18ClFN6O2/c24-17-5-6-30-12-27-18(22(30)21(17)25)9-26-23(32)19-11-31(29-28-19)10-16-8-15-7-14(13-1-2-13)3-4-20(15)33-16/h3-8,11-13H,1-2,9-10H2,(H,26,32). The molecule has 6 rings (SSSR count). The van der Waals surface area contributed by atoms with Gasteiger partial charge >= 0.3 is 0 Å². The molecule has 0 saturated heterocycles. The van der Waals surface area contributed by atoms with Gasteiger partial charge in [0.05, 0.1) is 29.8 Å². The van der Waals surface area contributed by atoms with Crippen LogP contribution in [0.1, 0.15) is 46.3 Å². The molecule has 10 heteroatoms. The van der Waals surface area contributed by atoms with Gasteiger partial charge in [-0.15, -0.1) is 5.10 Å². The van der Waals surface area contributed by atoms with Crippen LogP contribution in [0.25, 0.3) is 16.5 Å². The molecular weight excluding hydrogens is 447 g/mol. The maximum Gasteiger partial charge on any atom is 0.273 e. The largest absolute Gasteiger partial charge is 0.459 e. The fourth-order valence-corrected chi connectivity index (χ4v) is 4.12. The lowest BCUT2D eigenvalue weighted by atomic mass is 10.1. The second kappa shape index (κ2) is 7.70. The van der Waals surface area contributed by atoms with E-state index in [9.17, 15) is 9.18 Å². The van der Waals surface area contributed by atoms with Crippen molar-refractivity contribution in [1.82, 2.24) is 29.7 Å². The summed E-state index contributed by atoms with van der Waals surface area (Å²) >= 11 is 5.86. The van der Waals surface area contributed by atoms with E-state index < -0.39 is 11.7 Å². The minimum Gasteiger partial charge on any atom is -0.459 e. The fourth-order valence-electron chi connectivity index (χ4n) is 3.97. The van der Waals surface area contributed by atoms with Crippen molar-refractivity contribution in [1.29, 1.82) is 0 Å². The predicted octanol–water partition coefficient (Wildman–Crippen LogP) is 4.32. The van der Waals surface area contributed by atoms with E-state index in [2.05, 4.69) is 32.7 Å². The number of imidazole rings is 1. The average Bonchev–Trinajstić information content (AvgIpc) is 3.23. The molecule has 33 heavy (non-hydrogen) atoms. The summed E-state index contributed by atoms with van der Waals surface area (Å²) in [6, 6.07) is 9.74. The zero-order valence-corrected chi connectivity index (χ0v) is 18.1. The number of nitrogens with zero attached hydrogens (tertiary/aromatic N) is 5. The lowest BCUT2D eigenvalue weighted by molar-refractivity contribution is 0.0945. The summed E-state index contributed by atoms with van der Waals surface area (Å²) < 4.78 is 23.3. The van der Waals surface area contributed by atoms with E-state index in [1.54, 1.807) is 17.1 Å². The highest BCUT2D eigenvalue weighted by atomic mass is 35.5. The highest BCUT2D eigenvalue weighted by Gasteiger charge is 2.24. The van der Waals surface area contributed by atoms with Crippen LogP contribution in [-0.4, -0.2) is 30.3 Å². The number of furan rings is 1. The molecule has 1 saturated carbocycles. The quantitative estimate of drug-likeness (QED) is 0.404. The molecule has 1 fully saturated rings. The summed E-state index contributed by atoms with van der Waals surface area (Å²) in [7, 11) is 0. The lowest BCUT2D eigenvalue weighted by Crippen LogP contribution is -2.23. The molecule has 8 nitrogen and oxygen atoms in total. The molecule has 1 amide bonds. The van der Waals surface area contributed by atoms with Crippen LogP contribution in [0.5, 0.6) is 0 Å². The van der Waals surface area contributed by atoms with Crippen LogP contribution in [0, 0.1) is 5.82 Å². The van der Waals surface area contributed by atoms with E-state index in [4.69, 9.17) is 16.0 Å². The minimum atomic E-state index is -0.582. The molecule has 5 aromatic rings. The van der Waals surface area contributed by atoms with Crippen LogP contribution >= 0.6 is 11.6 Å². The van der Waals surface area contributed by atoms with Crippen LogP contribution in [-0.2, 0) is 13.1 Å². The van der Waals surface area contributed by atoms with Crippen molar-refractivity contribution in [3.63, 3.8) is 0 Å². The van der Waals surface area contributed by atoms with Crippen LogP contribution in [0.4, 0.5) is 4.39 Å². The summed E-state index contributed by atoms with van der Waals surface area (Å²) in [5.41, 5.74) is 2.91. The van der Waals surface area contributed by atoms with Gasteiger partial charge in [-0.1, -0.05) is 22.9 Å². The van der Waals surface area contributed by atoms with Gasteiger partial charge in [0.1, 0.15) is 23.4 Å². The molecule has 0 aliphatic heterocycles. The Morgan fingerprint density at radius 1 is 1.27 bits per heavy atom. The number of amides is 1. The van der Waals surface area contributed by atoms with Crippen molar-refractivity contribution in [3.05, 3.63) is 82.6 Å². The average molecular weight is 465 g/mol. The first-order valence-electron chi connectivity index (χ1n) is 10.6. The van der Waals surface area contributed by atoms with Gasteiger partial charge in [-0.05, 0) is 48.6 Å². The van der Waals surface area contributed by atoms with Crippen molar-refractivity contribution in [3.8, 4) is 0 Å². The third-order valence-electron chi connectivity index (χ3n) is 5.81. The van der Waals surface area contributed by atoms with Gasteiger partial charge in [0, 0.05) is 11.6 Å². The Morgan fingerprint density at radius 3 is 3.00 bits per heavy atom. The molecule has 4 aromatic heterocycles. The molecule has 166 valence electrons. The number of benzene rings is 1. The van der Waals surface area contributed by atoms with Gasteiger partial charge in [-0.2, -0.15) is 0 Å². The van der Waals surface area contributed by atoms with E-state index in [-0.39, 0.29) is 22.8 Å². The second-order valence-corrected chi connectivity index (χ2v) is 8.60. The second-order valence-electron chi connectivity index (χ2n) is 8.19. The fraction of sp³-hybridized carbons (Fsp3) is 0.217. The Bertz CT molecular complexity index is 1520. The summed E-state index contributed by atoms with van der Waals surface area (Å²) in [4.78, 5) is 16.7. The Morgan fingerprint density at radius 2 is 2.15 bits per heavy atom. The third-order valence-corrected chi connectivity index (χ3v) is 6.11. The zero-order chi connectivity index (χ0) is 22.5. The van der Waals surface area contributed by atoms with Crippen molar-refractivity contribution in [2.45, 2.75) is 31.8 Å². The van der Waals surface area contributed by atoms with E-state index in [0.717, 1.165) is 16.7 Å². The van der Waals surface area contributed by atoms with E-state index >= 15 is 0 Å². The number of hydrogen-bond acceptors (Lipinski definition) is 5. The van der Waals surface area contributed by atoms with Crippen LogP contribution in [0.2, 0.25) is 5.02 Å². The number of carbonyl (C=O) groups is 1. The first-order valence-corrected chi connectivity index (χ1v) is 10.9. The smallest absolute Gasteiger partial charge is 0.273 e. The Kier molecular flexibility index (Phi) is 4.65. The maximum absolute atomic E-state index is 14.4. The van der Waals surface area contributed by atoms with Crippen molar-refractivity contribution in [2.75, 3.05) is 0 Å². The molecular formula is C23H18ClFN6O2. The molecule has 0 atom stereocenters. The molecule has 1 aliphatic carbocycles. The monoisotopic (exact) mass is 464 g/mol. The van der Waals surface area contributed by atoms with Crippen LogP contribution in [0.3, 0.4) is 0 Å². The molecule has 0 radical (unpaired) electrons. The summed E-state index contributed by atoms with van der Waals surface area (Å²) in [5.74, 6) is 0.384. The van der Waals surface area contributed by atoms with E-state index in [1.165, 1.54) is 35.2 Å². The lowest BCUT2D eigenvalue weighted by Gasteiger charge is -2.03. The molecule has 0 spiro atoms. The first-order chi connectivity index (χ1) is 16.0. The number of pyridine rings is 1. The van der Waals surface area contributed by atoms with Gasteiger partial charge in [0.15, 0.2) is 11.5 Å². The van der Waals surface area contributed by atoms with E-state index in [0.29, 0.717) is 18.2 Å².